The van der Waals surface area contributed by atoms with Crippen LogP contribution in [0.5, 0.6) is 5.75 Å². The molecule has 0 bridgehead atoms. The number of rotatable bonds is 6. The van der Waals surface area contributed by atoms with E-state index in [2.05, 4.69) is 0 Å². The van der Waals surface area contributed by atoms with Gasteiger partial charge in [-0.2, -0.15) is 0 Å². The molecule has 8 heteroatoms. The second kappa shape index (κ2) is 9.34. The number of aryl methyl sites for hydroxylation is 2. The van der Waals surface area contributed by atoms with Crippen molar-refractivity contribution >= 4 is 35.2 Å². The summed E-state index contributed by atoms with van der Waals surface area (Å²) >= 11 is 0. The second-order valence-electron chi connectivity index (χ2n) is 8.11. The van der Waals surface area contributed by atoms with E-state index in [1.54, 1.807) is 6.07 Å². The molecule has 1 heterocycles. The fourth-order valence-electron chi connectivity index (χ4n) is 3.72. The Morgan fingerprint density at radius 1 is 0.800 bits per heavy atom. The minimum Gasteiger partial charge on any atom is -0.454 e. The Morgan fingerprint density at radius 3 is 2.14 bits per heavy atom. The number of ketones is 1. The number of carbonyl (C=O) groups excluding carboxylic acids is 5. The Hall–Kier alpha value is -4.59. The number of imide groups is 1. The molecule has 8 nitrogen and oxygen atoms in total. The van der Waals surface area contributed by atoms with E-state index in [1.165, 1.54) is 49.4 Å². The Balaban J connectivity index is 1.47. The van der Waals surface area contributed by atoms with E-state index in [4.69, 9.17) is 9.47 Å². The highest BCUT2D eigenvalue weighted by molar-refractivity contribution is 6.35. The highest BCUT2D eigenvalue weighted by atomic mass is 16.5. The summed E-state index contributed by atoms with van der Waals surface area (Å²) in [6.45, 7) is 4.42. The molecule has 0 fully saturated rings. The number of amides is 2. The van der Waals surface area contributed by atoms with Crippen molar-refractivity contribution in [3.63, 3.8) is 0 Å². The number of benzene rings is 3. The van der Waals surface area contributed by atoms with Crippen LogP contribution in [0.15, 0.2) is 60.7 Å². The monoisotopic (exact) mass is 471 g/mol. The minimum absolute atomic E-state index is 0.0470. The molecule has 0 N–H and O–H groups in total. The standard InChI is InChI=1S/C27H21NO7/c1-15-4-5-16(2)23(12-15)28-25(31)21-11-8-19(13-22(21)26(28)32)27(33)34-14-24(30)18-6-9-20(10-7-18)35-17(3)29/h4-13H,14H2,1-3H3. The van der Waals surface area contributed by atoms with Crippen molar-refractivity contribution in [3.05, 3.63) is 94.0 Å². The number of anilines is 1. The smallest absolute Gasteiger partial charge is 0.338 e. The third-order valence-corrected chi connectivity index (χ3v) is 5.50. The second-order valence-corrected chi connectivity index (χ2v) is 8.11. The van der Waals surface area contributed by atoms with Crippen molar-refractivity contribution in [1.29, 1.82) is 0 Å². The molecule has 4 rings (SSSR count). The SMILES string of the molecule is CC(=O)Oc1ccc(C(=O)COC(=O)c2ccc3c(c2)C(=O)N(c2cc(C)ccc2C)C3=O)cc1. The quantitative estimate of drug-likeness (QED) is 0.231. The van der Waals surface area contributed by atoms with Crippen molar-refractivity contribution < 1.29 is 33.4 Å². The predicted octanol–water partition coefficient (Wildman–Crippen LogP) is 4.07. The van der Waals surface area contributed by atoms with Crippen molar-refractivity contribution in [1.82, 2.24) is 0 Å². The lowest BCUT2D eigenvalue weighted by atomic mass is 10.1. The van der Waals surface area contributed by atoms with Crippen LogP contribution in [0.4, 0.5) is 5.69 Å². The van der Waals surface area contributed by atoms with E-state index < -0.39 is 36.1 Å². The Kier molecular flexibility index (Phi) is 6.29. The van der Waals surface area contributed by atoms with Crippen LogP contribution in [0.25, 0.3) is 0 Å². The van der Waals surface area contributed by atoms with Gasteiger partial charge in [-0.15, -0.1) is 0 Å². The molecule has 0 aromatic heterocycles. The summed E-state index contributed by atoms with van der Waals surface area (Å²) < 4.78 is 10.0. The molecule has 2 amide bonds. The maximum absolute atomic E-state index is 13.1. The number of hydrogen-bond donors (Lipinski definition) is 0. The van der Waals surface area contributed by atoms with Crippen molar-refractivity contribution in [3.8, 4) is 5.75 Å². The van der Waals surface area contributed by atoms with Gasteiger partial charge in [0.05, 0.1) is 22.4 Å². The number of carbonyl (C=O) groups is 5. The predicted molar refractivity (Wildman–Crippen MR) is 126 cm³/mol. The van der Waals surface area contributed by atoms with Crippen molar-refractivity contribution in [2.75, 3.05) is 11.5 Å². The molecule has 3 aromatic rings. The highest BCUT2D eigenvalue weighted by Crippen LogP contribution is 2.32. The van der Waals surface area contributed by atoms with Crippen molar-refractivity contribution in [2.24, 2.45) is 0 Å². The Morgan fingerprint density at radius 2 is 1.46 bits per heavy atom. The molecule has 0 radical (unpaired) electrons. The fraction of sp³-hybridized carbons (Fsp3) is 0.148. The first-order chi connectivity index (χ1) is 16.7. The van der Waals surface area contributed by atoms with Gasteiger partial charge in [0, 0.05) is 12.5 Å². The Labute approximate surface area is 201 Å². The first kappa shape index (κ1) is 23.6. The fourth-order valence-corrected chi connectivity index (χ4v) is 3.72. The lowest BCUT2D eigenvalue weighted by Gasteiger charge is -2.17. The molecule has 0 saturated heterocycles. The number of Topliss-reactive ketones (excluding diaryl/α,β-unsaturated/α-hetero) is 1. The van der Waals surface area contributed by atoms with Gasteiger partial charge in [0.2, 0.25) is 0 Å². The van der Waals surface area contributed by atoms with Gasteiger partial charge >= 0.3 is 11.9 Å². The van der Waals surface area contributed by atoms with Crippen LogP contribution in [-0.4, -0.2) is 36.1 Å². The van der Waals surface area contributed by atoms with Gasteiger partial charge in [0.15, 0.2) is 12.4 Å². The summed E-state index contributed by atoms with van der Waals surface area (Å²) in [6, 6.07) is 15.4. The molecular formula is C27H21NO7. The topological polar surface area (TPSA) is 107 Å². The van der Waals surface area contributed by atoms with Gasteiger partial charge in [-0.25, -0.2) is 9.69 Å². The van der Waals surface area contributed by atoms with Crippen LogP contribution < -0.4 is 9.64 Å². The minimum atomic E-state index is -0.803. The zero-order valence-corrected chi connectivity index (χ0v) is 19.3. The Bertz CT molecular complexity index is 1390. The molecule has 35 heavy (non-hydrogen) atoms. The number of hydrogen-bond acceptors (Lipinski definition) is 7. The third-order valence-electron chi connectivity index (χ3n) is 5.50. The van der Waals surface area contributed by atoms with Gasteiger partial charge in [0.1, 0.15) is 5.75 Å². The molecule has 1 aliphatic rings. The van der Waals surface area contributed by atoms with Gasteiger partial charge in [-0.1, -0.05) is 12.1 Å². The van der Waals surface area contributed by atoms with Gasteiger partial charge in [0.25, 0.3) is 11.8 Å². The van der Waals surface area contributed by atoms with Gasteiger partial charge < -0.3 is 9.47 Å². The first-order valence-corrected chi connectivity index (χ1v) is 10.7. The summed E-state index contributed by atoms with van der Waals surface area (Å²) in [6.07, 6.45) is 0. The van der Waals surface area contributed by atoms with E-state index >= 15 is 0 Å². The molecule has 0 spiro atoms. The van der Waals surface area contributed by atoms with Gasteiger partial charge in [-0.3, -0.25) is 19.2 Å². The normalized spacial score (nSPS) is 12.4. The van der Waals surface area contributed by atoms with E-state index in [0.29, 0.717) is 11.4 Å². The van der Waals surface area contributed by atoms with Crippen LogP contribution in [0, 0.1) is 13.8 Å². The summed E-state index contributed by atoms with van der Waals surface area (Å²) in [5.41, 5.74) is 2.76. The largest absolute Gasteiger partial charge is 0.454 e. The van der Waals surface area contributed by atoms with Crippen LogP contribution in [0.2, 0.25) is 0 Å². The maximum Gasteiger partial charge on any atom is 0.338 e. The number of fused-ring (bicyclic) bond motifs is 1. The molecule has 0 saturated carbocycles. The molecule has 3 aromatic carbocycles. The van der Waals surface area contributed by atoms with E-state index in [-0.39, 0.29) is 22.3 Å². The first-order valence-electron chi connectivity index (χ1n) is 10.7. The van der Waals surface area contributed by atoms with Gasteiger partial charge in [-0.05, 0) is 73.5 Å². The molecule has 0 atom stereocenters. The zero-order chi connectivity index (χ0) is 25.3. The summed E-state index contributed by atoms with van der Waals surface area (Å²) in [5, 5.41) is 0. The lowest BCUT2D eigenvalue weighted by molar-refractivity contribution is -0.131. The van der Waals surface area contributed by atoms with Crippen molar-refractivity contribution in [2.45, 2.75) is 20.8 Å². The molecule has 1 aliphatic heterocycles. The van der Waals surface area contributed by atoms with Crippen LogP contribution >= 0.6 is 0 Å². The van der Waals surface area contributed by atoms with Crippen LogP contribution in [-0.2, 0) is 9.53 Å². The number of esters is 2. The molecular weight excluding hydrogens is 450 g/mol. The average Bonchev–Trinajstić information content (AvgIpc) is 3.08. The molecule has 0 unspecified atom stereocenters. The van der Waals surface area contributed by atoms with Crippen LogP contribution in [0.3, 0.4) is 0 Å². The molecule has 176 valence electrons. The average molecular weight is 471 g/mol. The maximum atomic E-state index is 13.1. The summed E-state index contributed by atoms with van der Waals surface area (Å²) in [4.78, 5) is 63.0. The van der Waals surface area contributed by atoms with Crippen LogP contribution in [0.1, 0.15) is 59.5 Å². The number of nitrogens with zero attached hydrogens (tertiary/aromatic N) is 1. The van der Waals surface area contributed by atoms with E-state index in [9.17, 15) is 24.0 Å². The zero-order valence-electron chi connectivity index (χ0n) is 19.3. The summed E-state index contributed by atoms with van der Waals surface area (Å²) in [7, 11) is 0. The van der Waals surface area contributed by atoms with E-state index in [1.807, 2.05) is 26.0 Å². The lowest BCUT2D eigenvalue weighted by Crippen LogP contribution is -2.30. The number of ether oxygens (including phenoxy) is 2. The van der Waals surface area contributed by atoms with E-state index in [0.717, 1.165) is 16.0 Å². The third kappa shape index (κ3) is 4.72. The highest BCUT2D eigenvalue weighted by Gasteiger charge is 2.38. The molecule has 0 aliphatic carbocycles. The summed E-state index contributed by atoms with van der Waals surface area (Å²) in [5.74, 6) is -2.45.